The molecule has 6 N–H and O–H groups in total. The molecule has 2 aromatic carbocycles. The zero-order valence-corrected chi connectivity index (χ0v) is 15.8. The van der Waals surface area contributed by atoms with E-state index in [0.717, 1.165) is 0 Å². The highest BCUT2D eigenvalue weighted by Crippen LogP contribution is 2.47. The highest BCUT2D eigenvalue weighted by atomic mass is 16.5. The highest BCUT2D eigenvalue weighted by Gasteiger charge is 2.47. The number of benzene rings is 2. The van der Waals surface area contributed by atoms with Gasteiger partial charge in [-0.05, 0) is 29.8 Å². The van der Waals surface area contributed by atoms with Crippen molar-refractivity contribution in [1.82, 2.24) is 0 Å². The van der Waals surface area contributed by atoms with E-state index in [2.05, 4.69) is 0 Å². The summed E-state index contributed by atoms with van der Waals surface area (Å²) in [7, 11) is 0. The third kappa shape index (κ3) is 3.40. The number of phenols is 2. The van der Waals surface area contributed by atoms with Crippen molar-refractivity contribution < 1.29 is 44.9 Å². The molecule has 160 valence electrons. The van der Waals surface area contributed by atoms with Crippen LogP contribution < -0.4 is 4.74 Å². The standard InChI is InChI=1S/C21H22O9/c22-8-15-17(26)18(27)19(28)21(30-15)16-12(24)6-5-11-13(25)7-14(29-20(11)16)9-1-3-10(23)4-2-9/h1-6,14-15,17-19,21-24,26-28H,7-8H2/t14-,15+,17-,18-,19+,21-/m1/s1. The predicted octanol–water partition coefficient (Wildman–Crippen LogP) is 0.319. The van der Waals surface area contributed by atoms with Crippen molar-refractivity contribution >= 4 is 5.78 Å². The average molecular weight is 418 g/mol. The predicted molar refractivity (Wildman–Crippen MR) is 101 cm³/mol. The van der Waals surface area contributed by atoms with Crippen LogP contribution in [0.15, 0.2) is 36.4 Å². The summed E-state index contributed by atoms with van der Waals surface area (Å²) < 4.78 is 11.6. The largest absolute Gasteiger partial charge is 0.508 e. The number of fused-ring (bicyclic) bond motifs is 1. The Labute approximate surface area is 171 Å². The average Bonchev–Trinajstić information content (AvgIpc) is 2.73. The first kappa shape index (κ1) is 20.6. The third-order valence-electron chi connectivity index (χ3n) is 5.55. The first-order valence-electron chi connectivity index (χ1n) is 9.47. The Bertz CT molecular complexity index is 940. The van der Waals surface area contributed by atoms with Crippen molar-refractivity contribution in [1.29, 1.82) is 0 Å². The van der Waals surface area contributed by atoms with E-state index >= 15 is 0 Å². The fourth-order valence-electron chi connectivity index (χ4n) is 3.89. The van der Waals surface area contributed by atoms with Gasteiger partial charge in [-0.15, -0.1) is 0 Å². The van der Waals surface area contributed by atoms with Gasteiger partial charge >= 0.3 is 0 Å². The van der Waals surface area contributed by atoms with E-state index in [0.29, 0.717) is 5.56 Å². The van der Waals surface area contributed by atoms with Gasteiger partial charge in [0.2, 0.25) is 0 Å². The zero-order valence-electron chi connectivity index (χ0n) is 15.8. The topological polar surface area (TPSA) is 157 Å². The Morgan fingerprint density at radius 1 is 0.933 bits per heavy atom. The van der Waals surface area contributed by atoms with Gasteiger partial charge in [0.1, 0.15) is 53.9 Å². The van der Waals surface area contributed by atoms with Crippen LogP contribution in [0.25, 0.3) is 0 Å². The second-order valence-electron chi connectivity index (χ2n) is 7.45. The van der Waals surface area contributed by atoms with Gasteiger partial charge < -0.3 is 40.1 Å². The van der Waals surface area contributed by atoms with E-state index in [-0.39, 0.29) is 40.6 Å². The Kier molecular flexibility index (Phi) is 5.39. The van der Waals surface area contributed by atoms with Crippen LogP contribution in [0.2, 0.25) is 0 Å². The molecule has 0 radical (unpaired) electrons. The molecule has 30 heavy (non-hydrogen) atoms. The lowest BCUT2D eigenvalue weighted by Gasteiger charge is -2.41. The second kappa shape index (κ2) is 7.86. The van der Waals surface area contributed by atoms with Gasteiger partial charge in [-0.25, -0.2) is 0 Å². The number of rotatable bonds is 3. The normalized spacial score (nSPS) is 31.1. The summed E-state index contributed by atoms with van der Waals surface area (Å²) in [6, 6.07) is 8.79. The van der Waals surface area contributed by atoms with Gasteiger partial charge in [0.05, 0.1) is 24.2 Å². The Morgan fingerprint density at radius 2 is 1.63 bits per heavy atom. The molecule has 0 spiro atoms. The SMILES string of the molecule is O=C1C[C@H](c2ccc(O)cc2)Oc2c1ccc(O)c2[C@H]1O[C@@H](CO)[C@@H](O)[C@@H](O)[C@@H]1O. The van der Waals surface area contributed by atoms with Crippen LogP contribution in [0.3, 0.4) is 0 Å². The molecular formula is C21H22O9. The maximum atomic E-state index is 12.8. The van der Waals surface area contributed by atoms with Gasteiger partial charge in [-0.2, -0.15) is 0 Å². The smallest absolute Gasteiger partial charge is 0.170 e. The van der Waals surface area contributed by atoms with E-state index in [9.17, 15) is 35.4 Å². The molecule has 0 amide bonds. The molecule has 0 bridgehead atoms. The molecule has 0 aromatic heterocycles. The molecule has 2 aliphatic heterocycles. The number of aromatic hydroxyl groups is 2. The summed E-state index contributed by atoms with van der Waals surface area (Å²) >= 11 is 0. The maximum absolute atomic E-state index is 12.8. The summed E-state index contributed by atoms with van der Waals surface area (Å²) in [6.07, 6.45) is -8.09. The molecule has 2 aliphatic rings. The van der Waals surface area contributed by atoms with Gasteiger partial charge in [-0.3, -0.25) is 4.79 Å². The van der Waals surface area contributed by atoms with E-state index in [1.165, 1.54) is 24.3 Å². The first-order valence-corrected chi connectivity index (χ1v) is 9.47. The van der Waals surface area contributed by atoms with Gasteiger partial charge in [0, 0.05) is 0 Å². The minimum atomic E-state index is -1.65. The van der Waals surface area contributed by atoms with Crippen molar-refractivity contribution in [2.24, 2.45) is 0 Å². The van der Waals surface area contributed by atoms with Crippen LogP contribution in [0.5, 0.6) is 17.2 Å². The summed E-state index contributed by atoms with van der Waals surface area (Å²) in [5, 5.41) is 60.1. The van der Waals surface area contributed by atoms with E-state index < -0.39 is 43.2 Å². The number of aliphatic hydroxyl groups is 4. The molecule has 0 saturated carbocycles. The number of ketones is 1. The highest BCUT2D eigenvalue weighted by molar-refractivity contribution is 6.00. The van der Waals surface area contributed by atoms with Crippen molar-refractivity contribution in [2.75, 3.05) is 6.61 Å². The quantitative estimate of drug-likeness (QED) is 0.413. The first-order chi connectivity index (χ1) is 14.3. The van der Waals surface area contributed by atoms with Crippen LogP contribution in [0.1, 0.15) is 40.1 Å². The minimum absolute atomic E-state index is 0.00588. The Morgan fingerprint density at radius 3 is 2.30 bits per heavy atom. The van der Waals surface area contributed by atoms with Crippen molar-refractivity contribution in [3.05, 3.63) is 53.1 Å². The molecular weight excluding hydrogens is 396 g/mol. The zero-order chi connectivity index (χ0) is 21.6. The number of hydrogen-bond donors (Lipinski definition) is 6. The molecule has 9 heteroatoms. The number of hydrogen-bond acceptors (Lipinski definition) is 9. The van der Waals surface area contributed by atoms with Gasteiger partial charge in [0.15, 0.2) is 5.78 Å². The number of aliphatic hydroxyl groups excluding tert-OH is 4. The lowest BCUT2D eigenvalue weighted by atomic mass is 9.87. The Hall–Kier alpha value is -2.69. The maximum Gasteiger partial charge on any atom is 0.170 e. The third-order valence-corrected chi connectivity index (χ3v) is 5.55. The van der Waals surface area contributed by atoms with Crippen LogP contribution in [-0.2, 0) is 4.74 Å². The monoisotopic (exact) mass is 418 g/mol. The van der Waals surface area contributed by atoms with Crippen LogP contribution >= 0.6 is 0 Å². The van der Waals surface area contributed by atoms with Crippen LogP contribution in [-0.4, -0.2) is 67.4 Å². The number of Topliss-reactive ketones (excluding diaryl/α,β-unsaturated/α-hetero) is 1. The summed E-state index contributed by atoms with van der Waals surface area (Å²) in [5.41, 5.74) is 0.742. The Balaban J connectivity index is 1.77. The van der Waals surface area contributed by atoms with Crippen molar-refractivity contribution in [3.8, 4) is 17.2 Å². The van der Waals surface area contributed by atoms with E-state index in [4.69, 9.17) is 9.47 Å². The van der Waals surface area contributed by atoms with Crippen molar-refractivity contribution in [3.63, 3.8) is 0 Å². The molecule has 2 aromatic rings. The van der Waals surface area contributed by atoms with E-state index in [1.807, 2.05) is 0 Å². The lowest BCUT2D eigenvalue weighted by molar-refractivity contribution is -0.232. The molecule has 4 rings (SSSR count). The van der Waals surface area contributed by atoms with Crippen molar-refractivity contribution in [2.45, 2.75) is 43.0 Å². The number of carbonyl (C=O) groups excluding carboxylic acids is 1. The fraction of sp³-hybridized carbons (Fsp3) is 0.381. The number of carbonyl (C=O) groups is 1. The molecule has 9 nitrogen and oxygen atoms in total. The molecule has 0 aliphatic carbocycles. The molecule has 2 heterocycles. The van der Waals surface area contributed by atoms with Crippen LogP contribution in [0.4, 0.5) is 0 Å². The van der Waals surface area contributed by atoms with Gasteiger partial charge in [0.25, 0.3) is 0 Å². The number of ether oxygens (including phenoxy) is 2. The van der Waals surface area contributed by atoms with Gasteiger partial charge in [-0.1, -0.05) is 12.1 Å². The lowest BCUT2D eigenvalue weighted by Crippen LogP contribution is -2.55. The fourth-order valence-corrected chi connectivity index (χ4v) is 3.89. The molecule has 6 atom stereocenters. The van der Waals surface area contributed by atoms with Crippen LogP contribution in [0, 0.1) is 0 Å². The number of phenolic OH excluding ortho intramolecular Hbond substituents is 2. The summed E-state index contributed by atoms with van der Waals surface area (Å²) in [4.78, 5) is 12.8. The molecule has 1 fully saturated rings. The second-order valence-corrected chi connectivity index (χ2v) is 7.45. The molecule has 1 saturated heterocycles. The molecule has 0 unspecified atom stereocenters. The summed E-state index contributed by atoms with van der Waals surface area (Å²) in [5.74, 6) is -0.549. The summed E-state index contributed by atoms with van der Waals surface area (Å²) in [6.45, 7) is -0.632. The minimum Gasteiger partial charge on any atom is -0.508 e. The van der Waals surface area contributed by atoms with E-state index in [1.54, 1.807) is 12.1 Å².